The normalized spacial score (nSPS) is 10.8. The van der Waals surface area contributed by atoms with Gasteiger partial charge in [-0.25, -0.2) is 9.97 Å². The van der Waals surface area contributed by atoms with E-state index in [0.717, 1.165) is 22.7 Å². The molecule has 158 valence electrons. The van der Waals surface area contributed by atoms with E-state index in [1.54, 1.807) is 12.3 Å². The van der Waals surface area contributed by atoms with Gasteiger partial charge in [0.25, 0.3) is 5.91 Å². The zero-order valence-electron chi connectivity index (χ0n) is 17.8. The summed E-state index contributed by atoms with van der Waals surface area (Å²) in [5, 5.41) is 3.95. The summed E-state index contributed by atoms with van der Waals surface area (Å²) in [6.07, 6.45) is 2.58. The standard InChI is InChI=1S/C23H27N3O3S/c1-5-28-18-8-6-7-9-19(18)29-20-11-10-17(13-24-20)14-25-23(27)22-16(4)26-21(30-22)12-15(2)3/h6-11,13,15H,5,12,14H2,1-4H3,(H,25,27). The molecule has 3 rings (SSSR count). The van der Waals surface area contributed by atoms with E-state index in [-0.39, 0.29) is 5.91 Å². The number of aromatic nitrogens is 2. The minimum Gasteiger partial charge on any atom is -0.490 e. The summed E-state index contributed by atoms with van der Waals surface area (Å²) in [6, 6.07) is 11.1. The number of benzene rings is 1. The van der Waals surface area contributed by atoms with Crippen LogP contribution >= 0.6 is 11.3 Å². The van der Waals surface area contributed by atoms with Crippen molar-refractivity contribution < 1.29 is 14.3 Å². The SMILES string of the molecule is CCOc1ccccc1Oc1ccc(CNC(=O)c2sc(CC(C)C)nc2C)cn1. The van der Waals surface area contributed by atoms with Crippen LogP contribution in [0.25, 0.3) is 0 Å². The minimum absolute atomic E-state index is 0.106. The monoisotopic (exact) mass is 425 g/mol. The van der Waals surface area contributed by atoms with E-state index in [2.05, 4.69) is 29.1 Å². The Morgan fingerprint density at radius 2 is 1.93 bits per heavy atom. The second-order valence-electron chi connectivity index (χ2n) is 7.29. The van der Waals surface area contributed by atoms with Crippen molar-refractivity contribution in [3.05, 3.63) is 63.7 Å². The van der Waals surface area contributed by atoms with Crippen LogP contribution in [-0.4, -0.2) is 22.5 Å². The third kappa shape index (κ3) is 5.79. The summed E-state index contributed by atoms with van der Waals surface area (Å²) in [5.41, 5.74) is 1.67. The van der Waals surface area contributed by atoms with Gasteiger partial charge in [-0.15, -0.1) is 11.3 Å². The number of nitrogens with one attached hydrogen (secondary N) is 1. The lowest BCUT2D eigenvalue weighted by Crippen LogP contribution is -2.22. The number of ether oxygens (including phenoxy) is 2. The Bertz CT molecular complexity index is 984. The molecule has 0 saturated heterocycles. The molecule has 3 aromatic rings. The summed E-state index contributed by atoms with van der Waals surface area (Å²) < 4.78 is 11.4. The van der Waals surface area contributed by atoms with Crippen molar-refractivity contribution in [3.63, 3.8) is 0 Å². The summed E-state index contributed by atoms with van der Waals surface area (Å²) in [5.74, 6) is 2.17. The van der Waals surface area contributed by atoms with Crippen LogP contribution in [-0.2, 0) is 13.0 Å². The molecule has 0 aliphatic rings. The van der Waals surface area contributed by atoms with Gasteiger partial charge in [0, 0.05) is 25.2 Å². The number of para-hydroxylation sites is 2. The fourth-order valence-corrected chi connectivity index (χ4v) is 4.05. The lowest BCUT2D eigenvalue weighted by Gasteiger charge is -2.11. The lowest BCUT2D eigenvalue weighted by molar-refractivity contribution is 0.0954. The van der Waals surface area contributed by atoms with Gasteiger partial charge >= 0.3 is 0 Å². The second-order valence-corrected chi connectivity index (χ2v) is 8.37. The highest BCUT2D eigenvalue weighted by atomic mass is 32.1. The van der Waals surface area contributed by atoms with Gasteiger partial charge in [-0.05, 0) is 37.5 Å². The van der Waals surface area contributed by atoms with Crippen LogP contribution in [0.1, 0.15) is 46.7 Å². The van der Waals surface area contributed by atoms with Crippen LogP contribution in [0.4, 0.5) is 0 Å². The maximum Gasteiger partial charge on any atom is 0.263 e. The molecular weight excluding hydrogens is 398 g/mol. The van der Waals surface area contributed by atoms with Crippen molar-refractivity contribution in [1.29, 1.82) is 0 Å². The van der Waals surface area contributed by atoms with Crippen LogP contribution in [0.3, 0.4) is 0 Å². The predicted molar refractivity (Wildman–Crippen MR) is 118 cm³/mol. The van der Waals surface area contributed by atoms with Gasteiger partial charge in [-0.1, -0.05) is 32.0 Å². The largest absolute Gasteiger partial charge is 0.490 e. The van der Waals surface area contributed by atoms with Crippen molar-refractivity contribution in [2.24, 2.45) is 5.92 Å². The second kappa shape index (κ2) is 10.2. The molecule has 7 heteroatoms. The molecule has 0 aliphatic heterocycles. The Labute approximate surface area is 181 Å². The van der Waals surface area contributed by atoms with Gasteiger partial charge in [-0.2, -0.15) is 0 Å². The quantitative estimate of drug-likeness (QED) is 0.512. The molecule has 0 bridgehead atoms. The molecule has 2 aromatic heterocycles. The molecule has 30 heavy (non-hydrogen) atoms. The Morgan fingerprint density at radius 3 is 2.60 bits per heavy atom. The predicted octanol–water partition coefficient (Wildman–Crippen LogP) is 5.17. The number of aryl methyl sites for hydroxylation is 1. The van der Waals surface area contributed by atoms with Crippen molar-refractivity contribution in [1.82, 2.24) is 15.3 Å². The van der Waals surface area contributed by atoms with Crippen LogP contribution < -0.4 is 14.8 Å². The molecule has 0 radical (unpaired) electrons. The number of nitrogens with zero attached hydrogens (tertiary/aromatic N) is 2. The molecule has 0 saturated carbocycles. The first-order valence-corrected chi connectivity index (χ1v) is 10.9. The molecule has 0 aliphatic carbocycles. The van der Waals surface area contributed by atoms with E-state index in [9.17, 15) is 4.79 Å². The fraction of sp³-hybridized carbons (Fsp3) is 0.348. The Morgan fingerprint density at radius 1 is 1.17 bits per heavy atom. The first kappa shape index (κ1) is 21.8. The topological polar surface area (TPSA) is 73.3 Å². The number of rotatable bonds is 9. The molecule has 2 heterocycles. The number of carbonyl (C=O) groups excluding carboxylic acids is 1. The average Bonchev–Trinajstić information content (AvgIpc) is 3.08. The maximum atomic E-state index is 12.5. The summed E-state index contributed by atoms with van der Waals surface area (Å²) >= 11 is 1.47. The number of pyridine rings is 1. The first-order chi connectivity index (χ1) is 14.5. The molecule has 1 N–H and O–H groups in total. The van der Waals surface area contributed by atoms with Gasteiger partial charge in [0.05, 0.1) is 17.3 Å². The van der Waals surface area contributed by atoms with Gasteiger partial charge in [-0.3, -0.25) is 4.79 Å². The zero-order chi connectivity index (χ0) is 21.5. The van der Waals surface area contributed by atoms with E-state index in [0.29, 0.717) is 41.3 Å². The highest BCUT2D eigenvalue weighted by Gasteiger charge is 2.16. The van der Waals surface area contributed by atoms with E-state index >= 15 is 0 Å². The Balaban J connectivity index is 1.59. The highest BCUT2D eigenvalue weighted by molar-refractivity contribution is 7.13. The molecular formula is C23H27N3O3S. The van der Waals surface area contributed by atoms with Gasteiger partial charge in [0.2, 0.25) is 5.88 Å². The zero-order valence-corrected chi connectivity index (χ0v) is 18.6. The van der Waals surface area contributed by atoms with Crippen LogP contribution in [0.2, 0.25) is 0 Å². The molecule has 0 spiro atoms. The molecule has 0 atom stereocenters. The van der Waals surface area contributed by atoms with E-state index in [1.807, 2.05) is 44.2 Å². The van der Waals surface area contributed by atoms with Crippen molar-refractivity contribution in [2.75, 3.05) is 6.61 Å². The van der Waals surface area contributed by atoms with Gasteiger partial charge in [0.15, 0.2) is 11.5 Å². The fourth-order valence-electron chi connectivity index (χ4n) is 2.86. The number of thiazole rings is 1. The third-order valence-electron chi connectivity index (χ3n) is 4.24. The van der Waals surface area contributed by atoms with Crippen molar-refractivity contribution >= 4 is 17.2 Å². The third-order valence-corrected chi connectivity index (χ3v) is 5.42. The number of amides is 1. The highest BCUT2D eigenvalue weighted by Crippen LogP contribution is 2.30. The average molecular weight is 426 g/mol. The number of hydrogen-bond donors (Lipinski definition) is 1. The van der Waals surface area contributed by atoms with Crippen LogP contribution in [0.15, 0.2) is 42.6 Å². The van der Waals surface area contributed by atoms with Gasteiger partial charge in [0.1, 0.15) is 4.88 Å². The van der Waals surface area contributed by atoms with Crippen molar-refractivity contribution in [2.45, 2.75) is 40.7 Å². The van der Waals surface area contributed by atoms with E-state index in [4.69, 9.17) is 9.47 Å². The Hall–Kier alpha value is -2.93. The summed E-state index contributed by atoms with van der Waals surface area (Å²) in [7, 11) is 0. The van der Waals surface area contributed by atoms with Gasteiger partial charge < -0.3 is 14.8 Å². The van der Waals surface area contributed by atoms with Crippen molar-refractivity contribution in [3.8, 4) is 17.4 Å². The minimum atomic E-state index is -0.106. The van der Waals surface area contributed by atoms with Crippen LogP contribution in [0, 0.1) is 12.8 Å². The molecule has 6 nitrogen and oxygen atoms in total. The number of carbonyl (C=O) groups is 1. The summed E-state index contributed by atoms with van der Waals surface area (Å²) in [4.78, 5) is 22.1. The number of hydrogen-bond acceptors (Lipinski definition) is 6. The molecule has 1 amide bonds. The maximum absolute atomic E-state index is 12.5. The van der Waals surface area contributed by atoms with E-state index < -0.39 is 0 Å². The first-order valence-electron chi connectivity index (χ1n) is 10.0. The Kier molecular flexibility index (Phi) is 7.41. The summed E-state index contributed by atoms with van der Waals surface area (Å²) in [6.45, 7) is 9.04. The van der Waals surface area contributed by atoms with E-state index in [1.165, 1.54) is 11.3 Å². The molecule has 0 unspecified atom stereocenters. The molecule has 1 aromatic carbocycles. The smallest absolute Gasteiger partial charge is 0.263 e. The van der Waals surface area contributed by atoms with Crippen LogP contribution in [0.5, 0.6) is 17.4 Å². The lowest BCUT2D eigenvalue weighted by atomic mass is 10.1. The molecule has 0 fully saturated rings.